The fourth-order valence-corrected chi connectivity index (χ4v) is 2.19. The van der Waals surface area contributed by atoms with Crippen LogP contribution in [0, 0.1) is 12.3 Å². The monoisotopic (exact) mass is 311 g/mol. The average molecular weight is 311 g/mol. The zero-order chi connectivity index (χ0) is 16.4. The molecule has 8 heteroatoms. The van der Waals surface area contributed by atoms with Crippen molar-refractivity contribution < 1.29 is 9.47 Å². The van der Waals surface area contributed by atoms with Gasteiger partial charge >= 0.3 is 0 Å². The SMILES string of the molecule is C#CCn1cnc2c(nnn2-c2ccc(OC)c(OC)c2)c1=O. The Balaban J connectivity index is 2.17. The standard InChI is InChI=1S/C15H13N5O3/c1-4-7-19-9-16-14-13(15(19)21)17-18-20(14)10-5-6-11(22-2)12(8-10)23-3/h1,5-6,8-9H,7H2,2-3H3. The summed E-state index contributed by atoms with van der Waals surface area (Å²) in [5, 5.41) is 7.91. The van der Waals surface area contributed by atoms with Gasteiger partial charge in [0.2, 0.25) is 0 Å². The number of benzene rings is 1. The van der Waals surface area contributed by atoms with E-state index in [9.17, 15) is 4.79 Å². The number of terminal acetylenes is 1. The molecular formula is C15H13N5O3. The van der Waals surface area contributed by atoms with Gasteiger partial charge in [0.1, 0.15) is 6.33 Å². The first kappa shape index (κ1) is 14.6. The van der Waals surface area contributed by atoms with E-state index in [0.29, 0.717) is 22.8 Å². The van der Waals surface area contributed by atoms with Gasteiger partial charge in [-0.3, -0.25) is 9.36 Å². The molecule has 0 aliphatic heterocycles. The predicted octanol–water partition coefficient (Wildman–Crippen LogP) is 0.628. The third-order valence-corrected chi connectivity index (χ3v) is 3.30. The smallest absolute Gasteiger partial charge is 0.284 e. The summed E-state index contributed by atoms with van der Waals surface area (Å²) in [6.45, 7) is 0.130. The first-order chi connectivity index (χ1) is 11.2. The first-order valence-electron chi connectivity index (χ1n) is 6.66. The van der Waals surface area contributed by atoms with Crippen LogP contribution in [0.5, 0.6) is 11.5 Å². The minimum atomic E-state index is -0.334. The quantitative estimate of drug-likeness (QED) is 0.657. The Morgan fingerprint density at radius 1 is 1.26 bits per heavy atom. The summed E-state index contributed by atoms with van der Waals surface area (Å²) in [6, 6.07) is 5.23. The van der Waals surface area contributed by atoms with E-state index >= 15 is 0 Å². The lowest BCUT2D eigenvalue weighted by Gasteiger charge is -2.09. The van der Waals surface area contributed by atoms with Crippen LogP contribution in [0.4, 0.5) is 0 Å². The van der Waals surface area contributed by atoms with Gasteiger partial charge in [-0.05, 0) is 12.1 Å². The van der Waals surface area contributed by atoms with Crippen LogP contribution in [-0.2, 0) is 6.54 Å². The van der Waals surface area contributed by atoms with Crippen molar-refractivity contribution in [3.8, 4) is 29.5 Å². The highest BCUT2D eigenvalue weighted by atomic mass is 16.5. The summed E-state index contributed by atoms with van der Waals surface area (Å²) in [6.07, 6.45) is 6.60. The molecule has 0 aliphatic carbocycles. The molecule has 0 saturated carbocycles. The predicted molar refractivity (Wildman–Crippen MR) is 82.9 cm³/mol. The van der Waals surface area contributed by atoms with Crippen LogP contribution in [-0.4, -0.2) is 38.8 Å². The van der Waals surface area contributed by atoms with E-state index < -0.39 is 0 Å². The van der Waals surface area contributed by atoms with Crippen molar-refractivity contribution >= 4 is 11.2 Å². The molecule has 0 atom stereocenters. The number of fused-ring (bicyclic) bond motifs is 1. The normalized spacial score (nSPS) is 10.5. The molecular weight excluding hydrogens is 298 g/mol. The minimum absolute atomic E-state index is 0.130. The van der Waals surface area contributed by atoms with Gasteiger partial charge in [-0.2, -0.15) is 4.68 Å². The molecule has 8 nitrogen and oxygen atoms in total. The highest BCUT2D eigenvalue weighted by molar-refractivity contribution is 5.70. The van der Waals surface area contributed by atoms with Gasteiger partial charge < -0.3 is 9.47 Å². The van der Waals surface area contributed by atoms with Crippen molar-refractivity contribution in [1.82, 2.24) is 24.5 Å². The first-order valence-corrected chi connectivity index (χ1v) is 6.66. The summed E-state index contributed by atoms with van der Waals surface area (Å²) in [5.74, 6) is 3.52. The van der Waals surface area contributed by atoms with Crippen LogP contribution in [0.1, 0.15) is 0 Å². The van der Waals surface area contributed by atoms with Gasteiger partial charge in [-0.15, -0.1) is 11.5 Å². The summed E-state index contributed by atoms with van der Waals surface area (Å²) < 4.78 is 13.2. The summed E-state index contributed by atoms with van der Waals surface area (Å²) >= 11 is 0. The van der Waals surface area contributed by atoms with E-state index in [1.807, 2.05) is 0 Å². The molecule has 1 aromatic carbocycles. The van der Waals surface area contributed by atoms with Crippen LogP contribution in [0.25, 0.3) is 16.9 Å². The fraction of sp³-hybridized carbons (Fsp3) is 0.200. The third-order valence-electron chi connectivity index (χ3n) is 3.30. The molecule has 0 bridgehead atoms. The Morgan fingerprint density at radius 2 is 2.04 bits per heavy atom. The van der Waals surface area contributed by atoms with Crippen LogP contribution in [0.2, 0.25) is 0 Å². The molecule has 2 heterocycles. The average Bonchev–Trinajstić information content (AvgIpc) is 3.01. The Hall–Kier alpha value is -3.34. The molecule has 0 radical (unpaired) electrons. The number of aromatic nitrogens is 5. The molecule has 0 unspecified atom stereocenters. The highest BCUT2D eigenvalue weighted by Gasteiger charge is 2.14. The second-order valence-electron chi connectivity index (χ2n) is 4.59. The van der Waals surface area contributed by atoms with Gasteiger partial charge in [0.25, 0.3) is 5.56 Å². The molecule has 0 N–H and O–H groups in total. The molecule has 116 valence electrons. The maximum Gasteiger partial charge on any atom is 0.284 e. The van der Waals surface area contributed by atoms with Crippen molar-refractivity contribution in [3.63, 3.8) is 0 Å². The van der Waals surface area contributed by atoms with Crippen molar-refractivity contribution in [2.45, 2.75) is 6.54 Å². The van der Waals surface area contributed by atoms with Gasteiger partial charge in [0.15, 0.2) is 22.7 Å². The van der Waals surface area contributed by atoms with Gasteiger partial charge in [0, 0.05) is 6.07 Å². The lowest BCUT2D eigenvalue weighted by Crippen LogP contribution is -2.20. The Labute approximate surface area is 131 Å². The van der Waals surface area contributed by atoms with Gasteiger partial charge in [-0.1, -0.05) is 11.1 Å². The van der Waals surface area contributed by atoms with E-state index in [2.05, 4.69) is 21.2 Å². The molecule has 0 saturated heterocycles. The Kier molecular flexibility index (Phi) is 3.68. The number of ether oxygens (including phenoxy) is 2. The maximum atomic E-state index is 12.3. The van der Waals surface area contributed by atoms with E-state index in [-0.39, 0.29) is 17.6 Å². The van der Waals surface area contributed by atoms with Crippen molar-refractivity contribution in [3.05, 3.63) is 34.9 Å². The summed E-state index contributed by atoms with van der Waals surface area (Å²) in [5.41, 5.74) is 0.805. The summed E-state index contributed by atoms with van der Waals surface area (Å²) in [4.78, 5) is 16.5. The van der Waals surface area contributed by atoms with Crippen LogP contribution in [0.3, 0.4) is 0 Å². The number of rotatable bonds is 4. The number of hydrogen-bond acceptors (Lipinski definition) is 6. The topological polar surface area (TPSA) is 84.1 Å². The zero-order valence-corrected chi connectivity index (χ0v) is 12.6. The number of methoxy groups -OCH3 is 2. The molecule has 2 aromatic heterocycles. The molecule has 0 aliphatic rings. The Bertz CT molecular complexity index is 967. The van der Waals surface area contributed by atoms with Crippen molar-refractivity contribution in [2.24, 2.45) is 0 Å². The molecule has 3 rings (SSSR count). The summed E-state index contributed by atoms with van der Waals surface area (Å²) in [7, 11) is 3.09. The van der Waals surface area contributed by atoms with E-state index in [1.165, 1.54) is 22.7 Å². The largest absolute Gasteiger partial charge is 0.493 e. The van der Waals surface area contributed by atoms with Crippen LogP contribution < -0.4 is 15.0 Å². The van der Waals surface area contributed by atoms with E-state index in [0.717, 1.165) is 0 Å². The molecule has 3 aromatic rings. The lowest BCUT2D eigenvalue weighted by atomic mass is 10.2. The second kappa shape index (κ2) is 5.81. The van der Waals surface area contributed by atoms with E-state index in [4.69, 9.17) is 15.9 Å². The zero-order valence-electron chi connectivity index (χ0n) is 12.6. The number of nitrogens with zero attached hydrogens (tertiary/aromatic N) is 5. The van der Waals surface area contributed by atoms with Crippen molar-refractivity contribution in [2.75, 3.05) is 14.2 Å². The molecule has 0 fully saturated rings. The van der Waals surface area contributed by atoms with E-state index in [1.54, 1.807) is 25.3 Å². The maximum absolute atomic E-state index is 12.3. The third kappa shape index (κ3) is 2.38. The van der Waals surface area contributed by atoms with Gasteiger partial charge in [0.05, 0.1) is 26.5 Å². The Morgan fingerprint density at radius 3 is 2.74 bits per heavy atom. The lowest BCUT2D eigenvalue weighted by molar-refractivity contribution is 0.355. The van der Waals surface area contributed by atoms with Crippen LogP contribution >= 0.6 is 0 Å². The van der Waals surface area contributed by atoms with Gasteiger partial charge in [-0.25, -0.2) is 4.98 Å². The molecule has 0 amide bonds. The minimum Gasteiger partial charge on any atom is -0.493 e. The number of hydrogen-bond donors (Lipinski definition) is 0. The fourth-order valence-electron chi connectivity index (χ4n) is 2.19. The highest BCUT2D eigenvalue weighted by Crippen LogP contribution is 2.29. The van der Waals surface area contributed by atoms with Crippen molar-refractivity contribution in [1.29, 1.82) is 0 Å². The van der Waals surface area contributed by atoms with Crippen LogP contribution in [0.15, 0.2) is 29.3 Å². The molecule has 0 spiro atoms. The molecule has 23 heavy (non-hydrogen) atoms. The second-order valence-corrected chi connectivity index (χ2v) is 4.59.